The van der Waals surface area contributed by atoms with Crippen LogP contribution in [-0.2, 0) is 5.41 Å². The maximum atomic E-state index is 6.56. The number of rotatable bonds is 3. The Morgan fingerprint density at radius 1 is 0.386 bits per heavy atom. The zero-order chi connectivity index (χ0) is 29.2. The van der Waals surface area contributed by atoms with E-state index in [9.17, 15) is 0 Å². The van der Waals surface area contributed by atoms with Gasteiger partial charge in [-0.25, -0.2) is 0 Å². The minimum Gasteiger partial charge on any atom is -0.456 e. The van der Waals surface area contributed by atoms with E-state index in [1.165, 1.54) is 88.3 Å². The Kier molecular flexibility index (Phi) is 4.58. The highest BCUT2D eigenvalue weighted by atomic mass is 16.3. The first kappa shape index (κ1) is 24.1. The summed E-state index contributed by atoms with van der Waals surface area (Å²) in [6.07, 6.45) is 0. The first-order chi connectivity index (χ1) is 21.6. The van der Waals surface area contributed by atoms with Crippen molar-refractivity contribution >= 4 is 32.7 Å². The molecule has 206 valence electrons. The Morgan fingerprint density at radius 2 is 0.977 bits per heavy atom. The van der Waals surface area contributed by atoms with Crippen LogP contribution in [0.25, 0.3) is 88.3 Å². The number of furan rings is 1. The molecule has 1 nitrogen and oxygen atoms in total. The lowest BCUT2D eigenvalue weighted by atomic mass is 9.79. The van der Waals surface area contributed by atoms with Crippen LogP contribution < -0.4 is 0 Å². The van der Waals surface area contributed by atoms with Gasteiger partial charge in [0, 0.05) is 21.6 Å². The average molecular weight is 561 g/mol. The molecule has 1 heteroatoms. The van der Waals surface area contributed by atoms with Crippen LogP contribution >= 0.6 is 0 Å². The Balaban J connectivity index is 1.37. The van der Waals surface area contributed by atoms with Crippen LogP contribution in [0, 0.1) is 0 Å². The van der Waals surface area contributed by atoms with Crippen molar-refractivity contribution in [1.82, 2.24) is 0 Å². The van der Waals surface area contributed by atoms with Crippen molar-refractivity contribution in [3.05, 3.63) is 145 Å². The summed E-state index contributed by atoms with van der Waals surface area (Å²) in [6.45, 7) is 4.77. The van der Waals surface area contributed by atoms with Crippen LogP contribution in [-0.4, -0.2) is 0 Å². The molecule has 2 aliphatic carbocycles. The molecule has 1 aromatic heterocycles. The third-order valence-corrected chi connectivity index (χ3v) is 10.2. The highest BCUT2D eigenvalue weighted by molar-refractivity contribution is 6.31. The van der Waals surface area contributed by atoms with Crippen molar-refractivity contribution in [3.8, 4) is 55.6 Å². The molecular formula is C43H28O. The SMILES string of the molecule is CC1(C)c2ccc(-c3ccccc3-c3ccccc3-c3ccccc3)c3c2-c2c1ccc1ccc4oc5cccc-3c5c4c21. The summed E-state index contributed by atoms with van der Waals surface area (Å²) < 4.78 is 6.56. The minimum atomic E-state index is -0.108. The predicted octanol–water partition coefficient (Wildman–Crippen LogP) is 12.0. The number of fused-ring (bicyclic) bond motifs is 1. The summed E-state index contributed by atoms with van der Waals surface area (Å²) in [6, 6.07) is 48.9. The van der Waals surface area contributed by atoms with Crippen LogP contribution in [0.4, 0.5) is 0 Å². The summed E-state index contributed by atoms with van der Waals surface area (Å²) in [5.74, 6) is 0. The Bertz CT molecular complexity index is 2510. The molecule has 10 rings (SSSR count). The van der Waals surface area contributed by atoms with Crippen molar-refractivity contribution < 1.29 is 4.42 Å². The van der Waals surface area contributed by atoms with E-state index in [4.69, 9.17) is 4.42 Å². The Hall–Kier alpha value is -5.40. The topological polar surface area (TPSA) is 13.1 Å². The summed E-state index contributed by atoms with van der Waals surface area (Å²) in [5.41, 5.74) is 17.4. The van der Waals surface area contributed by atoms with E-state index in [1.54, 1.807) is 0 Å². The third-order valence-electron chi connectivity index (χ3n) is 10.2. The molecule has 0 bridgehead atoms. The van der Waals surface area contributed by atoms with Crippen LogP contribution in [0.1, 0.15) is 25.0 Å². The summed E-state index contributed by atoms with van der Waals surface area (Å²) in [4.78, 5) is 0. The van der Waals surface area contributed by atoms with Gasteiger partial charge in [0.25, 0.3) is 0 Å². The van der Waals surface area contributed by atoms with E-state index >= 15 is 0 Å². The Morgan fingerprint density at radius 3 is 1.77 bits per heavy atom. The highest BCUT2D eigenvalue weighted by Crippen LogP contribution is 2.61. The van der Waals surface area contributed by atoms with Gasteiger partial charge in [-0.3, -0.25) is 0 Å². The fraction of sp³-hybridized carbons (Fsp3) is 0.0698. The molecule has 0 amide bonds. The van der Waals surface area contributed by atoms with Crippen LogP contribution in [0.3, 0.4) is 0 Å². The maximum Gasteiger partial charge on any atom is 0.136 e. The molecule has 1 heterocycles. The van der Waals surface area contributed by atoms with E-state index in [-0.39, 0.29) is 5.41 Å². The van der Waals surface area contributed by atoms with Gasteiger partial charge in [-0.15, -0.1) is 0 Å². The first-order valence-electron chi connectivity index (χ1n) is 15.4. The van der Waals surface area contributed by atoms with E-state index in [1.807, 2.05) is 0 Å². The summed E-state index contributed by atoms with van der Waals surface area (Å²) in [7, 11) is 0. The van der Waals surface area contributed by atoms with Crippen molar-refractivity contribution in [2.75, 3.05) is 0 Å². The van der Waals surface area contributed by atoms with E-state index in [0.29, 0.717) is 0 Å². The van der Waals surface area contributed by atoms with Gasteiger partial charge in [0.15, 0.2) is 0 Å². The van der Waals surface area contributed by atoms with E-state index < -0.39 is 0 Å². The second-order valence-electron chi connectivity index (χ2n) is 12.8. The predicted molar refractivity (Wildman–Crippen MR) is 184 cm³/mol. The molecule has 0 saturated heterocycles. The first-order valence-corrected chi connectivity index (χ1v) is 15.4. The second-order valence-corrected chi connectivity index (χ2v) is 12.8. The largest absolute Gasteiger partial charge is 0.456 e. The molecule has 44 heavy (non-hydrogen) atoms. The normalized spacial score (nSPS) is 13.9. The van der Waals surface area contributed by atoms with Gasteiger partial charge in [-0.2, -0.15) is 0 Å². The van der Waals surface area contributed by atoms with Gasteiger partial charge in [0.1, 0.15) is 11.2 Å². The van der Waals surface area contributed by atoms with Gasteiger partial charge in [0.05, 0.1) is 0 Å². The van der Waals surface area contributed by atoms with Crippen LogP contribution in [0.2, 0.25) is 0 Å². The lowest BCUT2D eigenvalue weighted by Crippen LogP contribution is -2.15. The lowest BCUT2D eigenvalue weighted by molar-refractivity contribution is 0.661. The monoisotopic (exact) mass is 560 g/mol. The molecule has 0 saturated carbocycles. The highest BCUT2D eigenvalue weighted by Gasteiger charge is 2.41. The molecule has 0 radical (unpaired) electrons. The molecule has 7 aromatic carbocycles. The molecule has 0 aliphatic heterocycles. The summed E-state index contributed by atoms with van der Waals surface area (Å²) in [5, 5.41) is 5.08. The smallest absolute Gasteiger partial charge is 0.136 e. The molecule has 0 unspecified atom stereocenters. The van der Waals surface area contributed by atoms with Gasteiger partial charge in [0.2, 0.25) is 0 Å². The zero-order valence-corrected chi connectivity index (χ0v) is 24.6. The second kappa shape index (κ2) is 8.36. The van der Waals surface area contributed by atoms with E-state index in [0.717, 1.165) is 11.2 Å². The van der Waals surface area contributed by atoms with Crippen molar-refractivity contribution in [3.63, 3.8) is 0 Å². The molecule has 0 atom stereocenters. The molecule has 0 N–H and O–H groups in total. The minimum absolute atomic E-state index is 0.108. The molecule has 2 aliphatic rings. The van der Waals surface area contributed by atoms with Crippen LogP contribution in [0.15, 0.2) is 138 Å². The lowest BCUT2D eigenvalue weighted by Gasteiger charge is -2.24. The van der Waals surface area contributed by atoms with Gasteiger partial charge < -0.3 is 4.42 Å². The fourth-order valence-corrected chi connectivity index (χ4v) is 8.29. The van der Waals surface area contributed by atoms with Gasteiger partial charge in [-0.1, -0.05) is 135 Å². The third kappa shape index (κ3) is 2.94. The fourth-order valence-electron chi connectivity index (χ4n) is 8.29. The van der Waals surface area contributed by atoms with Crippen molar-refractivity contribution in [2.24, 2.45) is 0 Å². The molecular weight excluding hydrogens is 532 g/mol. The molecule has 0 fully saturated rings. The molecule has 0 spiro atoms. The summed E-state index contributed by atoms with van der Waals surface area (Å²) >= 11 is 0. The number of hydrogen-bond donors (Lipinski definition) is 0. The average Bonchev–Trinajstić information content (AvgIpc) is 3.52. The maximum absolute atomic E-state index is 6.56. The number of hydrogen-bond acceptors (Lipinski definition) is 1. The van der Waals surface area contributed by atoms with Crippen molar-refractivity contribution in [2.45, 2.75) is 19.3 Å². The zero-order valence-electron chi connectivity index (χ0n) is 24.6. The Labute approximate surface area is 256 Å². The quantitative estimate of drug-likeness (QED) is 0.209. The van der Waals surface area contributed by atoms with Crippen LogP contribution in [0.5, 0.6) is 0 Å². The van der Waals surface area contributed by atoms with Gasteiger partial charge in [-0.05, 0) is 84.3 Å². The standard InChI is InChI=1S/C43H28O/c1-43(2)33-22-19-26-20-24-36-42-37(26)40(33)41-34(43)23-21-31(38(41)32-17-10-18-35(44-36)39(32)42)30-16-9-8-15-29(30)28-14-7-6-13-27(28)25-11-4-3-5-12-25/h3-24H,1-2H3. The van der Waals surface area contributed by atoms with Crippen molar-refractivity contribution in [1.29, 1.82) is 0 Å². The van der Waals surface area contributed by atoms with Gasteiger partial charge >= 0.3 is 0 Å². The number of benzene rings is 7. The molecule has 8 aromatic rings. The van der Waals surface area contributed by atoms with E-state index in [2.05, 4.69) is 147 Å².